The minimum atomic E-state index is -4.16. The molecule has 154 valence electrons. The molecule has 2 rings (SSSR count). The number of nitrogens with zero attached hydrogens (tertiary/aromatic N) is 2. The summed E-state index contributed by atoms with van der Waals surface area (Å²) in [4.78, 5) is 32.7. The fourth-order valence-electron chi connectivity index (χ4n) is 2.41. The molecule has 2 aromatic carbocycles. The lowest BCUT2D eigenvalue weighted by Crippen LogP contribution is -2.39. The van der Waals surface area contributed by atoms with Gasteiger partial charge in [0.25, 0.3) is 11.6 Å². The van der Waals surface area contributed by atoms with E-state index in [4.69, 9.17) is 5.21 Å². The third-order valence-corrected chi connectivity index (χ3v) is 5.57. The zero-order chi connectivity index (χ0) is 21.6. The summed E-state index contributed by atoms with van der Waals surface area (Å²) in [5.74, 6) is -1.27. The standard InChI is InChI=1S/C17H18N4O7S/c1-12(22)18-14-4-8-16(9-5-14)29(27,28)20(11-17(23)19-24)10-13-2-6-15(7-3-13)21(25)26/h2-9,24H,10-11H2,1H3,(H,18,22)(H,19,23). The molecule has 0 fully saturated rings. The number of anilines is 1. The van der Waals surface area contributed by atoms with E-state index >= 15 is 0 Å². The third kappa shape index (κ3) is 5.81. The minimum Gasteiger partial charge on any atom is -0.326 e. The van der Waals surface area contributed by atoms with Crippen LogP contribution in [0.5, 0.6) is 0 Å². The van der Waals surface area contributed by atoms with Gasteiger partial charge in [-0.05, 0) is 29.8 Å². The maximum Gasteiger partial charge on any atom is 0.269 e. The lowest BCUT2D eigenvalue weighted by atomic mass is 10.2. The Hall–Kier alpha value is -3.35. The van der Waals surface area contributed by atoms with Gasteiger partial charge in [-0.15, -0.1) is 0 Å². The van der Waals surface area contributed by atoms with Gasteiger partial charge in [0.2, 0.25) is 15.9 Å². The number of carbonyl (C=O) groups is 2. The number of carbonyl (C=O) groups excluding carboxylic acids is 2. The van der Waals surface area contributed by atoms with Gasteiger partial charge in [0, 0.05) is 31.3 Å². The molecule has 2 aromatic rings. The van der Waals surface area contributed by atoms with E-state index < -0.39 is 27.4 Å². The summed E-state index contributed by atoms with van der Waals surface area (Å²) >= 11 is 0. The average Bonchev–Trinajstić information content (AvgIpc) is 2.67. The number of nitro groups is 1. The van der Waals surface area contributed by atoms with Crippen LogP contribution in [0.3, 0.4) is 0 Å². The lowest BCUT2D eigenvalue weighted by Gasteiger charge is -2.21. The SMILES string of the molecule is CC(=O)Nc1ccc(S(=O)(=O)N(CC(=O)NO)Cc2ccc([N+](=O)[O-])cc2)cc1. The predicted molar refractivity (Wildman–Crippen MR) is 101 cm³/mol. The zero-order valence-corrected chi connectivity index (χ0v) is 16.0. The molecule has 29 heavy (non-hydrogen) atoms. The van der Waals surface area contributed by atoms with Crippen LogP contribution in [0.1, 0.15) is 12.5 Å². The molecular weight excluding hydrogens is 404 g/mol. The van der Waals surface area contributed by atoms with Crippen molar-refractivity contribution in [2.45, 2.75) is 18.4 Å². The molecule has 0 aliphatic heterocycles. The van der Waals surface area contributed by atoms with Crippen LogP contribution in [0.15, 0.2) is 53.4 Å². The van der Waals surface area contributed by atoms with Gasteiger partial charge in [0.1, 0.15) is 0 Å². The van der Waals surface area contributed by atoms with Crippen molar-refractivity contribution in [1.29, 1.82) is 0 Å². The summed E-state index contributed by atoms with van der Waals surface area (Å²) in [7, 11) is -4.16. The molecule has 0 aliphatic carbocycles. The Labute approximate surface area is 166 Å². The van der Waals surface area contributed by atoms with Crippen molar-refractivity contribution in [2.24, 2.45) is 0 Å². The number of hydrogen-bond acceptors (Lipinski definition) is 7. The maximum atomic E-state index is 13.0. The smallest absolute Gasteiger partial charge is 0.269 e. The van der Waals surface area contributed by atoms with E-state index in [1.165, 1.54) is 60.9 Å². The molecule has 0 aliphatic rings. The number of amides is 2. The summed E-state index contributed by atoms with van der Waals surface area (Å²) < 4.78 is 26.7. The molecule has 0 saturated heterocycles. The predicted octanol–water partition coefficient (Wildman–Crippen LogP) is 1.25. The molecule has 0 heterocycles. The van der Waals surface area contributed by atoms with Gasteiger partial charge in [-0.3, -0.25) is 24.9 Å². The maximum absolute atomic E-state index is 13.0. The number of hydrogen-bond donors (Lipinski definition) is 3. The number of nitro benzene ring substituents is 1. The van der Waals surface area contributed by atoms with Crippen molar-refractivity contribution < 1.29 is 28.1 Å². The summed E-state index contributed by atoms with van der Waals surface area (Å²) in [6, 6.07) is 10.5. The van der Waals surface area contributed by atoms with E-state index in [0.717, 1.165) is 4.31 Å². The van der Waals surface area contributed by atoms with E-state index in [1.807, 2.05) is 0 Å². The van der Waals surface area contributed by atoms with Crippen LogP contribution in [0.25, 0.3) is 0 Å². The Balaban J connectivity index is 2.32. The molecular formula is C17H18N4O7S. The van der Waals surface area contributed by atoms with Gasteiger partial charge in [0.15, 0.2) is 0 Å². The highest BCUT2D eigenvalue weighted by Crippen LogP contribution is 2.21. The van der Waals surface area contributed by atoms with E-state index in [1.54, 1.807) is 0 Å². The van der Waals surface area contributed by atoms with Crippen molar-refractivity contribution in [2.75, 3.05) is 11.9 Å². The summed E-state index contributed by atoms with van der Waals surface area (Å²) in [6.07, 6.45) is 0. The molecule has 2 amide bonds. The van der Waals surface area contributed by atoms with Gasteiger partial charge in [0.05, 0.1) is 16.4 Å². The van der Waals surface area contributed by atoms with Gasteiger partial charge in [-0.1, -0.05) is 12.1 Å². The monoisotopic (exact) mass is 422 g/mol. The number of non-ortho nitro benzene ring substituents is 1. The van der Waals surface area contributed by atoms with E-state index in [9.17, 15) is 28.1 Å². The molecule has 0 spiro atoms. The highest BCUT2D eigenvalue weighted by atomic mass is 32.2. The van der Waals surface area contributed by atoms with Crippen molar-refractivity contribution in [3.05, 3.63) is 64.2 Å². The van der Waals surface area contributed by atoms with E-state index in [2.05, 4.69) is 5.32 Å². The fourth-order valence-corrected chi connectivity index (χ4v) is 3.80. The fraction of sp³-hybridized carbons (Fsp3) is 0.176. The topological polar surface area (TPSA) is 159 Å². The number of hydroxylamine groups is 1. The van der Waals surface area contributed by atoms with Crippen molar-refractivity contribution in [1.82, 2.24) is 9.79 Å². The molecule has 0 saturated carbocycles. The molecule has 0 bridgehead atoms. The normalized spacial score (nSPS) is 11.1. The quantitative estimate of drug-likeness (QED) is 0.328. The van der Waals surface area contributed by atoms with Crippen LogP contribution in [-0.2, 0) is 26.2 Å². The van der Waals surface area contributed by atoms with Crippen LogP contribution < -0.4 is 10.8 Å². The molecule has 0 atom stereocenters. The Morgan fingerprint density at radius 3 is 2.17 bits per heavy atom. The lowest BCUT2D eigenvalue weighted by molar-refractivity contribution is -0.384. The molecule has 12 heteroatoms. The van der Waals surface area contributed by atoms with Gasteiger partial charge >= 0.3 is 0 Å². The van der Waals surface area contributed by atoms with Crippen molar-refractivity contribution >= 4 is 33.2 Å². The Bertz CT molecular complexity index is 1010. The number of nitrogens with one attached hydrogen (secondary N) is 2. The van der Waals surface area contributed by atoms with Crippen LogP contribution >= 0.6 is 0 Å². The average molecular weight is 422 g/mol. The molecule has 3 N–H and O–H groups in total. The number of benzene rings is 2. The molecule has 0 unspecified atom stereocenters. The highest BCUT2D eigenvalue weighted by molar-refractivity contribution is 7.89. The zero-order valence-electron chi connectivity index (χ0n) is 15.2. The number of sulfonamides is 1. The van der Waals surface area contributed by atoms with Crippen molar-refractivity contribution in [3.8, 4) is 0 Å². The minimum absolute atomic E-state index is 0.140. The Morgan fingerprint density at radius 2 is 1.69 bits per heavy atom. The van der Waals surface area contributed by atoms with Crippen LogP contribution in [0.2, 0.25) is 0 Å². The first-order valence-electron chi connectivity index (χ1n) is 8.17. The first-order valence-corrected chi connectivity index (χ1v) is 9.61. The van der Waals surface area contributed by atoms with E-state index in [-0.39, 0.29) is 23.0 Å². The second-order valence-electron chi connectivity index (χ2n) is 5.94. The van der Waals surface area contributed by atoms with Gasteiger partial charge in [-0.2, -0.15) is 4.31 Å². The summed E-state index contributed by atoms with van der Waals surface area (Å²) in [6.45, 7) is 0.370. The van der Waals surface area contributed by atoms with Crippen LogP contribution in [0.4, 0.5) is 11.4 Å². The molecule has 0 aromatic heterocycles. The van der Waals surface area contributed by atoms with Crippen LogP contribution in [0, 0.1) is 10.1 Å². The second-order valence-corrected chi connectivity index (χ2v) is 7.88. The Kier molecular flexibility index (Phi) is 6.98. The molecule has 11 nitrogen and oxygen atoms in total. The number of rotatable bonds is 8. The van der Waals surface area contributed by atoms with Gasteiger partial charge in [-0.25, -0.2) is 13.9 Å². The summed E-state index contributed by atoms with van der Waals surface area (Å²) in [5, 5.41) is 22.0. The van der Waals surface area contributed by atoms with Crippen molar-refractivity contribution in [3.63, 3.8) is 0 Å². The van der Waals surface area contributed by atoms with Crippen LogP contribution in [-0.4, -0.2) is 41.2 Å². The molecule has 0 radical (unpaired) electrons. The highest BCUT2D eigenvalue weighted by Gasteiger charge is 2.27. The first-order chi connectivity index (χ1) is 13.6. The second kappa shape index (κ2) is 9.23. The first kappa shape index (κ1) is 21.9. The van der Waals surface area contributed by atoms with E-state index in [0.29, 0.717) is 11.3 Å². The van der Waals surface area contributed by atoms with Gasteiger partial charge < -0.3 is 5.32 Å². The summed E-state index contributed by atoms with van der Waals surface area (Å²) in [5.41, 5.74) is 2.01. The largest absolute Gasteiger partial charge is 0.326 e. The Morgan fingerprint density at radius 1 is 1.10 bits per heavy atom. The third-order valence-electron chi connectivity index (χ3n) is 3.76.